The number of hydrogen-bond donors (Lipinski definition) is 0. The van der Waals surface area contributed by atoms with Crippen molar-refractivity contribution in [1.29, 1.82) is 0 Å². The molecule has 1 fully saturated rings. The van der Waals surface area contributed by atoms with Crippen molar-refractivity contribution in [3.05, 3.63) is 84.2 Å². The van der Waals surface area contributed by atoms with Crippen molar-refractivity contribution >= 4 is 5.91 Å². The molecule has 3 aromatic rings. The molecule has 2 aromatic carbocycles. The smallest absolute Gasteiger partial charge is 0.240 e. The van der Waals surface area contributed by atoms with E-state index >= 15 is 0 Å². The predicted octanol–water partition coefficient (Wildman–Crippen LogP) is 3.66. The molecule has 0 radical (unpaired) electrons. The molecule has 172 valence electrons. The molecule has 1 saturated heterocycles. The zero-order valence-corrected chi connectivity index (χ0v) is 19.3. The largest absolute Gasteiger partial charge is 0.491 e. The lowest BCUT2D eigenvalue weighted by Crippen LogP contribution is -2.56. The van der Waals surface area contributed by atoms with Gasteiger partial charge < -0.3 is 14.4 Å². The van der Waals surface area contributed by atoms with Crippen LogP contribution in [0.25, 0.3) is 11.1 Å². The lowest BCUT2D eigenvalue weighted by Gasteiger charge is -2.39. The molecule has 33 heavy (non-hydrogen) atoms. The van der Waals surface area contributed by atoms with Crippen LogP contribution in [-0.4, -0.2) is 67.2 Å². The molecule has 0 aliphatic carbocycles. The van der Waals surface area contributed by atoms with Crippen molar-refractivity contribution in [2.75, 3.05) is 40.5 Å². The fourth-order valence-corrected chi connectivity index (χ4v) is 4.17. The molecule has 1 amide bonds. The molecule has 2 heterocycles. The highest BCUT2D eigenvalue weighted by molar-refractivity contribution is 5.82. The minimum atomic E-state index is -0.186. The molecular weight excluding hydrogens is 414 g/mol. The first-order valence-corrected chi connectivity index (χ1v) is 11.3. The number of benzene rings is 2. The number of nitrogens with zero attached hydrogens (tertiary/aromatic N) is 3. The summed E-state index contributed by atoms with van der Waals surface area (Å²) in [7, 11) is 3.56. The number of aromatic nitrogens is 1. The van der Waals surface area contributed by atoms with Crippen molar-refractivity contribution in [1.82, 2.24) is 14.8 Å². The summed E-state index contributed by atoms with van der Waals surface area (Å²) in [6, 6.07) is 20.4. The first kappa shape index (κ1) is 23.0. The molecule has 6 heteroatoms. The normalized spacial score (nSPS) is 16.7. The first-order chi connectivity index (χ1) is 16.1. The summed E-state index contributed by atoms with van der Waals surface area (Å²) in [5.74, 6) is 1.00. The van der Waals surface area contributed by atoms with E-state index in [0.29, 0.717) is 26.2 Å². The van der Waals surface area contributed by atoms with Gasteiger partial charge in [-0.1, -0.05) is 36.4 Å². The molecule has 4 rings (SSSR count). The Morgan fingerprint density at radius 2 is 1.70 bits per heavy atom. The summed E-state index contributed by atoms with van der Waals surface area (Å²) in [6.07, 6.45) is 4.29. The number of carbonyl (C=O) groups is 1. The zero-order valence-electron chi connectivity index (χ0n) is 19.3. The van der Waals surface area contributed by atoms with Crippen molar-refractivity contribution in [3.8, 4) is 16.9 Å². The highest BCUT2D eigenvalue weighted by Crippen LogP contribution is 2.23. The Morgan fingerprint density at radius 3 is 2.45 bits per heavy atom. The van der Waals surface area contributed by atoms with Gasteiger partial charge in [-0.2, -0.15) is 0 Å². The van der Waals surface area contributed by atoms with Crippen LogP contribution in [0.15, 0.2) is 73.1 Å². The van der Waals surface area contributed by atoms with Crippen LogP contribution < -0.4 is 4.74 Å². The second-order valence-electron chi connectivity index (χ2n) is 8.37. The summed E-state index contributed by atoms with van der Waals surface area (Å²) >= 11 is 0. The quantitative estimate of drug-likeness (QED) is 0.471. The number of likely N-dealkylation sites (N-methyl/N-ethyl adjacent to an activating group) is 1. The van der Waals surface area contributed by atoms with E-state index in [9.17, 15) is 4.79 Å². The molecule has 1 aliphatic rings. The second kappa shape index (κ2) is 11.1. The van der Waals surface area contributed by atoms with Crippen LogP contribution in [0.5, 0.6) is 5.75 Å². The van der Waals surface area contributed by atoms with E-state index in [1.54, 1.807) is 19.5 Å². The molecule has 0 spiro atoms. The molecular formula is C27H31N3O3. The average molecular weight is 446 g/mol. The van der Waals surface area contributed by atoms with Crippen LogP contribution in [0.1, 0.15) is 11.1 Å². The maximum absolute atomic E-state index is 13.1. The third-order valence-corrected chi connectivity index (χ3v) is 6.06. The van der Waals surface area contributed by atoms with Crippen molar-refractivity contribution in [2.45, 2.75) is 19.0 Å². The third-order valence-electron chi connectivity index (χ3n) is 6.06. The van der Waals surface area contributed by atoms with Crippen LogP contribution in [0, 0.1) is 0 Å². The zero-order chi connectivity index (χ0) is 23.0. The number of amides is 1. The van der Waals surface area contributed by atoms with Gasteiger partial charge in [0, 0.05) is 46.2 Å². The Hall–Kier alpha value is -3.22. The van der Waals surface area contributed by atoms with E-state index in [1.807, 2.05) is 36.2 Å². The Labute approximate surface area is 195 Å². The summed E-state index contributed by atoms with van der Waals surface area (Å²) < 4.78 is 10.8. The van der Waals surface area contributed by atoms with Crippen LogP contribution in [0.3, 0.4) is 0 Å². The van der Waals surface area contributed by atoms with E-state index < -0.39 is 0 Å². The summed E-state index contributed by atoms with van der Waals surface area (Å²) in [5, 5.41) is 0. The fourth-order valence-electron chi connectivity index (χ4n) is 4.17. The number of ether oxygens (including phenoxy) is 2. The Morgan fingerprint density at radius 1 is 0.939 bits per heavy atom. The van der Waals surface area contributed by atoms with Gasteiger partial charge in [0.1, 0.15) is 12.4 Å². The number of carbonyl (C=O) groups excluding carboxylic acids is 1. The number of pyridine rings is 1. The van der Waals surface area contributed by atoms with Crippen LogP contribution in [0.4, 0.5) is 0 Å². The minimum Gasteiger partial charge on any atom is -0.491 e. The van der Waals surface area contributed by atoms with E-state index in [1.165, 1.54) is 0 Å². The van der Waals surface area contributed by atoms with Crippen molar-refractivity contribution in [3.63, 3.8) is 0 Å². The van der Waals surface area contributed by atoms with Gasteiger partial charge in [0.05, 0.1) is 12.6 Å². The van der Waals surface area contributed by atoms with Gasteiger partial charge in [-0.25, -0.2) is 0 Å². The standard InChI is InChI=1S/C27H31N3O3/c1-29-14-15-30(20-22-4-3-5-25(18-22)33-17-16-32-2)26(27(29)31)19-21-6-8-23(9-7-21)24-10-12-28-13-11-24/h3-13,18,26H,14-17,19-20H2,1-2H3/t26-/m0/s1. The highest BCUT2D eigenvalue weighted by atomic mass is 16.5. The van der Waals surface area contributed by atoms with E-state index in [0.717, 1.165) is 41.1 Å². The first-order valence-electron chi connectivity index (χ1n) is 11.3. The molecule has 1 atom stereocenters. The van der Waals surface area contributed by atoms with Gasteiger partial charge in [0.2, 0.25) is 5.91 Å². The molecule has 0 saturated carbocycles. The predicted molar refractivity (Wildman–Crippen MR) is 129 cm³/mol. The SMILES string of the molecule is COCCOc1cccc(CN2CCN(C)C(=O)[C@@H]2Cc2ccc(-c3ccncc3)cc2)c1. The van der Waals surface area contributed by atoms with E-state index in [-0.39, 0.29) is 11.9 Å². The maximum Gasteiger partial charge on any atom is 0.240 e. The molecule has 0 unspecified atom stereocenters. The molecule has 1 aromatic heterocycles. The van der Waals surface area contributed by atoms with Gasteiger partial charge in [-0.05, 0) is 52.9 Å². The molecule has 1 aliphatic heterocycles. The Kier molecular flexibility index (Phi) is 7.70. The van der Waals surface area contributed by atoms with Crippen LogP contribution in [0.2, 0.25) is 0 Å². The lowest BCUT2D eigenvalue weighted by atomic mass is 9.98. The second-order valence-corrected chi connectivity index (χ2v) is 8.37. The van der Waals surface area contributed by atoms with Crippen molar-refractivity contribution in [2.24, 2.45) is 0 Å². The van der Waals surface area contributed by atoms with Gasteiger partial charge in [0.15, 0.2) is 0 Å². The van der Waals surface area contributed by atoms with Gasteiger partial charge >= 0.3 is 0 Å². The van der Waals surface area contributed by atoms with Gasteiger partial charge in [-0.15, -0.1) is 0 Å². The molecule has 0 N–H and O–H groups in total. The molecule has 6 nitrogen and oxygen atoms in total. The topological polar surface area (TPSA) is 54.9 Å². The number of piperazine rings is 1. The Balaban J connectivity index is 1.47. The fraction of sp³-hybridized carbons (Fsp3) is 0.333. The minimum absolute atomic E-state index is 0.173. The summed E-state index contributed by atoms with van der Waals surface area (Å²) in [5.41, 5.74) is 4.58. The van der Waals surface area contributed by atoms with Gasteiger partial charge in [-0.3, -0.25) is 14.7 Å². The highest BCUT2D eigenvalue weighted by Gasteiger charge is 2.33. The van der Waals surface area contributed by atoms with Crippen molar-refractivity contribution < 1.29 is 14.3 Å². The van der Waals surface area contributed by atoms with Crippen LogP contribution in [-0.2, 0) is 22.5 Å². The Bertz CT molecular complexity index is 1040. The number of methoxy groups -OCH3 is 1. The lowest BCUT2D eigenvalue weighted by molar-refractivity contribution is -0.140. The maximum atomic E-state index is 13.1. The van der Waals surface area contributed by atoms with Gasteiger partial charge in [0.25, 0.3) is 0 Å². The van der Waals surface area contributed by atoms with Crippen LogP contribution >= 0.6 is 0 Å². The molecule has 0 bridgehead atoms. The number of hydrogen-bond acceptors (Lipinski definition) is 5. The third kappa shape index (κ3) is 5.97. The number of rotatable bonds is 9. The van der Waals surface area contributed by atoms with E-state index in [4.69, 9.17) is 9.47 Å². The summed E-state index contributed by atoms with van der Waals surface area (Å²) in [4.78, 5) is 21.3. The average Bonchev–Trinajstić information content (AvgIpc) is 2.85. The van der Waals surface area contributed by atoms with E-state index in [2.05, 4.69) is 46.3 Å². The summed E-state index contributed by atoms with van der Waals surface area (Å²) in [6.45, 7) is 3.36. The monoisotopic (exact) mass is 445 g/mol.